The lowest BCUT2D eigenvalue weighted by Gasteiger charge is -2.30. The average Bonchev–Trinajstić information content (AvgIpc) is 3.21. The van der Waals surface area contributed by atoms with Crippen LogP contribution in [0.4, 0.5) is 11.6 Å². The number of nitrogens with zero attached hydrogens (tertiary/aromatic N) is 3. The van der Waals surface area contributed by atoms with Crippen LogP contribution < -0.4 is 15.4 Å². The number of hydrogen-bond donors (Lipinski definition) is 2. The number of halogens is 1. The summed E-state index contributed by atoms with van der Waals surface area (Å²) in [6.07, 6.45) is 2.36. The summed E-state index contributed by atoms with van der Waals surface area (Å²) in [4.78, 5) is 17.8. The first-order chi connectivity index (χ1) is 15.0. The number of anilines is 2. The molecule has 0 spiro atoms. The van der Waals surface area contributed by atoms with Gasteiger partial charge in [0.05, 0.1) is 12.2 Å². The number of carbonyl (C=O) groups excluding carboxylic acids is 1. The number of carbonyl (C=O) groups is 1. The molecule has 1 aliphatic heterocycles. The molecule has 1 unspecified atom stereocenters. The number of amides is 1. The number of benzene rings is 2. The van der Waals surface area contributed by atoms with Gasteiger partial charge in [-0.1, -0.05) is 40.5 Å². The monoisotopic (exact) mass is 481 g/mol. The van der Waals surface area contributed by atoms with Gasteiger partial charge in [0.25, 0.3) is 5.91 Å². The number of rotatable bonds is 6. The van der Waals surface area contributed by atoms with E-state index in [2.05, 4.69) is 43.6 Å². The highest BCUT2D eigenvalue weighted by molar-refractivity contribution is 9.10. The predicted octanol–water partition coefficient (Wildman–Crippen LogP) is 5.07. The number of aromatic nitrogens is 3. The van der Waals surface area contributed by atoms with Gasteiger partial charge in [0, 0.05) is 21.4 Å². The van der Waals surface area contributed by atoms with E-state index in [1.807, 2.05) is 56.3 Å². The summed E-state index contributed by atoms with van der Waals surface area (Å²) in [6.45, 7) is 6.52. The van der Waals surface area contributed by atoms with Crippen LogP contribution in [0.15, 0.2) is 64.5 Å². The van der Waals surface area contributed by atoms with E-state index in [1.165, 1.54) is 6.33 Å². The number of aryl methyl sites for hydroxylation is 1. The first-order valence-corrected chi connectivity index (χ1v) is 10.9. The summed E-state index contributed by atoms with van der Waals surface area (Å²) in [7, 11) is 0. The van der Waals surface area contributed by atoms with Gasteiger partial charge >= 0.3 is 0 Å². The topological polar surface area (TPSA) is 81.1 Å². The smallest absolute Gasteiger partial charge is 0.255 e. The Kier molecular flexibility index (Phi) is 6.08. The van der Waals surface area contributed by atoms with Gasteiger partial charge in [-0.05, 0) is 50.6 Å². The van der Waals surface area contributed by atoms with Gasteiger partial charge in [-0.25, -0.2) is 4.68 Å². The van der Waals surface area contributed by atoms with Gasteiger partial charge in [-0.3, -0.25) is 4.79 Å². The van der Waals surface area contributed by atoms with E-state index in [4.69, 9.17) is 4.74 Å². The van der Waals surface area contributed by atoms with Gasteiger partial charge in [-0.2, -0.15) is 10.1 Å². The van der Waals surface area contributed by atoms with E-state index >= 15 is 0 Å². The standard InChI is InChI=1S/C23H24BrN5O2/c1-4-11-31-19-10-7-16(24)12-18(19)21-20(15(3)27-23-25-13-26-29(21)23)22(30)28-17-8-5-14(2)6-9-17/h5-10,12-13,21H,4,11H2,1-3H3,(H,28,30)(H,25,26,27). The summed E-state index contributed by atoms with van der Waals surface area (Å²) in [5.74, 6) is 1.09. The maximum atomic E-state index is 13.5. The summed E-state index contributed by atoms with van der Waals surface area (Å²) >= 11 is 3.56. The number of nitrogens with one attached hydrogen (secondary N) is 2. The molecule has 2 aromatic carbocycles. The van der Waals surface area contributed by atoms with Crippen LogP contribution in [0.1, 0.15) is 37.4 Å². The molecule has 2 heterocycles. The Labute approximate surface area is 189 Å². The van der Waals surface area contributed by atoms with Crippen molar-refractivity contribution in [3.8, 4) is 5.75 Å². The molecule has 2 N–H and O–H groups in total. The van der Waals surface area contributed by atoms with Crippen LogP contribution in [0.25, 0.3) is 0 Å². The summed E-state index contributed by atoms with van der Waals surface area (Å²) < 4.78 is 8.63. The van der Waals surface area contributed by atoms with Crippen LogP contribution in [0.3, 0.4) is 0 Å². The van der Waals surface area contributed by atoms with Crippen LogP contribution in [0.5, 0.6) is 5.75 Å². The van der Waals surface area contributed by atoms with Crippen LogP contribution >= 0.6 is 15.9 Å². The van der Waals surface area contributed by atoms with E-state index in [-0.39, 0.29) is 5.91 Å². The SMILES string of the molecule is CCCOc1ccc(Br)cc1C1C(C(=O)Nc2ccc(C)cc2)=C(C)Nc2ncnn21. The zero-order chi connectivity index (χ0) is 22.0. The van der Waals surface area contributed by atoms with Crippen molar-refractivity contribution in [2.45, 2.75) is 33.2 Å². The van der Waals surface area contributed by atoms with Gasteiger partial charge in [0.15, 0.2) is 0 Å². The number of ether oxygens (including phenoxy) is 1. The Balaban J connectivity index is 1.79. The molecule has 1 atom stereocenters. The zero-order valence-electron chi connectivity index (χ0n) is 17.6. The molecule has 0 saturated heterocycles. The fraction of sp³-hybridized carbons (Fsp3) is 0.261. The second-order valence-corrected chi connectivity index (χ2v) is 8.36. The highest BCUT2D eigenvalue weighted by atomic mass is 79.9. The molecule has 3 aromatic rings. The van der Waals surface area contributed by atoms with Gasteiger partial charge in [0.1, 0.15) is 18.1 Å². The second kappa shape index (κ2) is 8.93. The molecule has 0 radical (unpaired) electrons. The minimum absolute atomic E-state index is 0.207. The van der Waals surface area contributed by atoms with E-state index in [1.54, 1.807) is 4.68 Å². The van der Waals surface area contributed by atoms with E-state index in [9.17, 15) is 4.79 Å². The molecule has 1 aliphatic rings. The summed E-state index contributed by atoms with van der Waals surface area (Å²) in [5.41, 5.74) is 3.97. The van der Waals surface area contributed by atoms with Crippen molar-refractivity contribution in [1.82, 2.24) is 14.8 Å². The molecule has 7 nitrogen and oxygen atoms in total. The predicted molar refractivity (Wildman–Crippen MR) is 124 cm³/mol. The molecular formula is C23H24BrN5O2. The van der Waals surface area contributed by atoms with E-state index < -0.39 is 6.04 Å². The minimum Gasteiger partial charge on any atom is -0.493 e. The first-order valence-electron chi connectivity index (χ1n) is 10.2. The molecule has 0 fully saturated rings. The molecule has 0 aliphatic carbocycles. The van der Waals surface area contributed by atoms with Crippen LogP contribution in [-0.2, 0) is 4.79 Å². The maximum Gasteiger partial charge on any atom is 0.255 e. The van der Waals surface area contributed by atoms with Crippen LogP contribution in [0.2, 0.25) is 0 Å². The third kappa shape index (κ3) is 4.34. The highest BCUT2D eigenvalue weighted by Crippen LogP contribution is 2.40. The lowest BCUT2D eigenvalue weighted by molar-refractivity contribution is -0.113. The molecular weight excluding hydrogens is 458 g/mol. The van der Waals surface area contributed by atoms with Crippen molar-refractivity contribution in [1.29, 1.82) is 0 Å². The maximum absolute atomic E-state index is 13.5. The molecule has 8 heteroatoms. The third-order valence-corrected chi connectivity index (χ3v) is 5.57. The lowest BCUT2D eigenvalue weighted by Crippen LogP contribution is -2.31. The fourth-order valence-electron chi connectivity index (χ4n) is 3.58. The Morgan fingerprint density at radius 1 is 1.23 bits per heavy atom. The van der Waals surface area contributed by atoms with Crippen LogP contribution in [-0.4, -0.2) is 27.3 Å². The van der Waals surface area contributed by atoms with Crippen molar-refractivity contribution in [2.75, 3.05) is 17.2 Å². The zero-order valence-corrected chi connectivity index (χ0v) is 19.2. The van der Waals surface area contributed by atoms with Crippen molar-refractivity contribution in [2.24, 2.45) is 0 Å². The second-order valence-electron chi connectivity index (χ2n) is 7.45. The van der Waals surface area contributed by atoms with Crippen molar-refractivity contribution < 1.29 is 9.53 Å². The third-order valence-electron chi connectivity index (χ3n) is 5.08. The Morgan fingerprint density at radius 2 is 2.00 bits per heavy atom. The normalized spacial score (nSPS) is 15.3. The minimum atomic E-state index is -0.492. The fourth-order valence-corrected chi connectivity index (χ4v) is 3.96. The van der Waals surface area contributed by atoms with Crippen molar-refractivity contribution >= 4 is 33.5 Å². The average molecular weight is 482 g/mol. The van der Waals surface area contributed by atoms with Gasteiger partial charge < -0.3 is 15.4 Å². The highest BCUT2D eigenvalue weighted by Gasteiger charge is 2.35. The first kappa shape index (κ1) is 21.1. The van der Waals surface area contributed by atoms with E-state index in [0.29, 0.717) is 23.9 Å². The van der Waals surface area contributed by atoms with Gasteiger partial charge in [0.2, 0.25) is 5.95 Å². The number of allylic oxidation sites excluding steroid dienone is 1. The number of fused-ring (bicyclic) bond motifs is 1. The molecule has 0 bridgehead atoms. The van der Waals surface area contributed by atoms with Crippen LogP contribution in [0, 0.1) is 6.92 Å². The largest absolute Gasteiger partial charge is 0.493 e. The molecule has 4 rings (SSSR count). The lowest BCUT2D eigenvalue weighted by atomic mass is 9.94. The molecule has 160 valence electrons. The van der Waals surface area contributed by atoms with Gasteiger partial charge in [-0.15, -0.1) is 0 Å². The molecule has 0 saturated carbocycles. The number of hydrogen-bond acceptors (Lipinski definition) is 5. The Morgan fingerprint density at radius 3 is 2.74 bits per heavy atom. The molecule has 1 aromatic heterocycles. The molecule has 31 heavy (non-hydrogen) atoms. The van der Waals surface area contributed by atoms with Crippen molar-refractivity contribution in [3.63, 3.8) is 0 Å². The quantitative estimate of drug-likeness (QED) is 0.513. The summed E-state index contributed by atoms with van der Waals surface area (Å²) in [5, 5.41) is 10.6. The molecule has 1 amide bonds. The summed E-state index contributed by atoms with van der Waals surface area (Å²) in [6, 6.07) is 13.0. The Hall–Kier alpha value is -3.13. The van der Waals surface area contributed by atoms with E-state index in [0.717, 1.165) is 33.4 Å². The Bertz CT molecular complexity index is 1140. The van der Waals surface area contributed by atoms with Crippen molar-refractivity contribution in [3.05, 3.63) is 75.7 Å².